The van der Waals surface area contributed by atoms with E-state index in [2.05, 4.69) is 15.5 Å². The third-order valence-corrected chi connectivity index (χ3v) is 2.43. The second kappa shape index (κ2) is 5.13. The zero-order valence-corrected chi connectivity index (χ0v) is 9.51. The van der Waals surface area contributed by atoms with Gasteiger partial charge in [-0.3, -0.25) is 14.7 Å². The Kier molecular flexibility index (Phi) is 3.38. The number of nitrogens with one attached hydrogen (secondary N) is 2. The Hall–Kier alpha value is -2.63. The molecule has 6 nitrogen and oxygen atoms in total. The van der Waals surface area contributed by atoms with Crippen LogP contribution in [0.4, 0.5) is 0 Å². The Morgan fingerprint density at radius 2 is 1.83 bits per heavy atom. The topological polar surface area (TPSA) is 101 Å². The van der Waals surface area contributed by atoms with Crippen molar-refractivity contribution in [3.8, 4) is 0 Å². The molecule has 0 saturated carbocycles. The SMILES string of the molecule is NC(=O)c1ccc(C(=O)NCc2ccn[nH]2)cc1. The van der Waals surface area contributed by atoms with Gasteiger partial charge in [-0.25, -0.2) is 0 Å². The summed E-state index contributed by atoms with van der Waals surface area (Å²) in [5, 5.41) is 9.24. The lowest BCUT2D eigenvalue weighted by atomic mass is 10.1. The molecule has 0 fully saturated rings. The average Bonchev–Trinajstić information content (AvgIpc) is 2.89. The van der Waals surface area contributed by atoms with E-state index in [0.717, 1.165) is 5.69 Å². The maximum Gasteiger partial charge on any atom is 0.251 e. The molecule has 2 aromatic rings. The van der Waals surface area contributed by atoms with Gasteiger partial charge in [-0.2, -0.15) is 5.10 Å². The van der Waals surface area contributed by atoms with Gasteiger partial charge in [0.1, 0.15) is 0 Å². The first-order chi connectivity index (χ1) is 8.66. The number of hydrogen-bond acceptors (Lipinski definition) is 3. The molecule has 0 bridgehead atoms. The Balaban J connectivity index is 1.98. The lowest BCUT2D eigenvalue weighted by Gasteiger charge is -2.04. The molecule has 0 atom stereocenters. The number of carbonyl (C=O) groups excluding carboxylic acids is 2. The van der Waals surface area contributed by atoms with Gasteiger partial charge in [-0.05, 0) is 30.3 Å². The second-order valence-electron chi connectivity index (χ2n) is 3.71. The van der Waals surface area contributed by atoms with E-state index in [0.29, 0.717) is 17.7 Å². The maximum absolute atomic E-state index is 11.8. The van der Waals surface area contributed by atoms with Gasteiger partial charge in [0.05, 0.1) is 12.2 Å². The fourth-order valence-electron chi connectivity index (χ4n) is 1.45. The fourth-order valence-corrected chi connectivity index (χ4v) is 1.45. The number of primary amides is 1. The molecule has 92 valence electrons. The predicted molar refractivity (Wildman–Crippen MR) is 64.7 cm³/mol. The van der Waals surface area contributed by atoms with Crippen molar-refractivity contribution in [2.45, 2.75) is 6.54 Å². The van der Waals surface area contributed by atoms with Crippen LogP contribution in [0.5, 0.6) is 0 Å². The molecule has 6 heteroatoms. The number of aromatic amines is 1. The number of amides is 2. The van der Waals surface area contributed by atoms with Gasteiger partial charge in [0.15, 0.2) is 0 Å². The van der Waals surface area contributed by atoms with Crippen LogP contribution in [-0.2, 0) is 6.54 Å². The molecular formula is C12H12N4O2. The van der Waals surface area contributed by atoms with E-state index in [4.69, 9.17) is 5.73 Å². The van der Waals surface area contributed by atoms with E-state index < -0.39 is 5.91 Å². The first-order valence-electron chi connectivity index (χ1n) is 5.33. The summed E-state index contributed by atoms with van der Waals surface area (Å²) in [5.41, 5.74) is 6.78. The highest BCUT2D eigenvalue weighted by Gasteiger charge is 2.06. The predicted octanol–water partition coefficient (Wildman–Crippen LogP) is 0.439. The van der Waals surface area contributed by atoms with Gasteiger partial charge >= 0.3 is 0 Å². The Bertz CT molecular complexity index is 546. The Labute approximate surface area is 103 Å². The molecule has 0 aliphatic heterocycles. The van der Waals surface area contributed by atoms with Crippen LogP contribution in [-0.4, -0.2) is 22.0 Å². The summed E-state index contributed by atoms with van der Waals surface area (Å²) >= 11 is 0. The van der Waals surface area contributed by atoms with Crippen LogP contribution >= 0.6 is 0 Å². The number of carbonyl (C=O) groups is 2. The van der Waals surface area contributed by atoms with Crippen molar-refractivity contribution >= 4 is 11.8 Å². The van der Waals surface area contributed by atoms with Crippen LogP contribution in [0, 0.1) is 0 Å². The van der Waals surface area contributed by atoms with Crippen LogP contribution in [0.1, 0.15) is 26.4 Å². The standard InChI is InChI=1S/C12H12N4O2/c13-11(17)8-1-3-9(4-2-8)12(18)14-7-10-5-6-15-16-10/h1-6H,7H2,(H2,13,17)(H,14,18)(H,15,16). The van der Waals surface area contributed by atoms with Crippen LogP contribution < -0.4 is 11.1 Å². The second-order valence-corrected chi connectivity index (χ2v) is 3.71. The molecule has 0 saturated heterocycles. The Morgan fingerprint density at radius 3 is 2.39 bits per heavy atom. The third kappa shape index (κ3) is 2.73. The van der Waals surface area contributed by atoms with Crippen LogP contribution in [0.25, 0.3) is 0 Å². The molecule has 1 heterocycles. The van der Waals surface area contributed by atoms with Crippen molar-refractivity contribution in [2.24, 2.45) is 5.73 Å². The minimum atomic E-state index is -0.514. The van der Waals surface area contributed by atoms with E-state index >= 15 is 0 Å². The minimum absolute atomic E-state index is 0.222. The number of aromatic nitrogens is 2. The minimum Gasteiger partial charge on any atom is -0.366 e. The molecule has 0 spiro atoms. The van der Waals surface area contributed by atoms with Gasteiger partial charge in [0.25, 0.3) is 5.91 Å². The van der Waals surface area contributed by atoms with Crippen molar-refractivity contribution in [1.29, 1.82) is 0 Å². The summed E-state index contributed by atoms with van der Waals surface area (Å²) in [6.45, 7) is 0.371. The van der Waals surface area contributed by atoms with Gasteiger partial charge in [-0.15, -0.1) is 0 Å². The van der Waals surface area contributed by atoms with Crippen molar-refractivity contribution in [1.82, 2.24) is 15.5 Å². The summed E-state index contributed by atoms with van der Waals surface area (Å²) in [4.78, 5) is 22.6. The summed E-state index contributed by atoms with van der Waals surface area (Å²) in [6, 6.07) is 7.93. The smallest absolute Gasteiger partial charge is 0.251 e. The van der Waals surface area contributed by atoms with Crippen molar-refractivity contribution in [2.75, 3.05) is 0 Å². The summed E-state index contributed by atoms with van der Waals surface area (Å²) in [5.74, 6) is -0.736. The van der Waals surface area contributed by atoms with Crippen LogP contribution in [0.2, 0.25) is 0 Å². The molecule has 1 aromatic carbocycles. The first kappa shape index (κ1) is 11.8. The Morgan fingerprint density at radius 1 is 1.17 bits per heavy atom. The summed E-state index contributed by atoms with van der Waals surface area (Å²) < 4.78 is 0. The number of rotatable bonds is 4. The molecule has 0 unspecified atom stereocenters. The lowest BCUT2D eigenvalue weighted by Crippen LogP contribution is -2.23. The maximum atomic E-state index is 11.8. The highest BCUT2D eigenvalue weighted by atomic mass is 16.2. The molecule has 2 amide bonds. The van der Waals surface area contributed by atoms with E-state index in [1.807, 2.05) is 0 Å². The van der Waals surface area contributed by atoms with Crippen LogP contribution in [0.3, 0.4) is 0 Å². The van der Waals surface area contributed by atoms with Crippen LogP contribution in [0.15, 0.2) is 36.5 Å². The normalized spacial score (nSPS) is 10.0. The first-order valence-corrected chi connectivity index (χ1v) is 5.33. The summed E-state index contributed by atoms with van der Waals surface area (Å²) in [6.07, 6.45) is 1.61. The molecule has 1 aromatic heterocycles. The van der Waals surface area contributed by atoms with E-state index in [1.165, 1.54) is 12.1 Å². The molecule has 0 radical (unpaired) electrons. The zero-order chi connectivity index (χ0) is 13.0. The molecule has 4 N–H and O–H groups in total. The lowest BCUT2D eigenvalue weighted by molar-refractivity contribution is 0.0947. The average molecular weight is 244 g/mol. The zero-order valence-electron chi connectivity index (χ0n) is 9.51. The fraction of sp³-hybridized carbons (Fsp3) is 0.0833. The van der Waals surface area contributed by atoms with Crippen molar-refractivity contribution in [3.05, 3.63) is 53.3 Å². The molecule has 0 aliphatic carbocycles. The molecular weight excluding hydrogens is 232 g/mol. The highest BCUT2D eigenvalue weighted by molar-refractivity contribution is 5.97. The third-order valence-electron chi connectivity index (χ3n) is 2.43. The van der Waals surface area contributed by atoms with E-state index in [9.17, 15) is 9.59 Å². The van der Waals surface area contributed by atoms with E-state index in [-0.39, 0.29) is 5.91 Å². The number of nitrogens with zero attached hydrogens (tertiary/aromatic N) is 1. The highest BCUT2D eigenvalue weighted by Crippen LogP contribution is 2.04. The number of hydrogen-bond donors (Lipinski definition) is 3. The molecule has 18 heavy (non-hydrogen) atoms. The van der Waals surface area contributed by atoms with Crippen molar-refractivity contribution in [3.63, 3.8) is 0 Å². The largest absolute Gasteiger partial charge is 0.366 e. The number of nitrogens with two attached hydrogens (primary N) is 1. The molecule has 0 aliphatic rings. The van der Waals surface area contributed by atoms with Gasteiger partial charge < -0.3 is 11.1 Å². The van der Waals surface area contributed by atoms with Gasteiger partial charge in [-0.1, -0.05) is 0 Å². The number of benzene rings is 1. The van der Waals surface area contributed by atoms with Gasteiger partial charge in [0, 0.05) is 17.3 Å². The molecule has 2 rings (SSSR count). The summed E-state index contributed by atoms with van der Waals surface area (Å²) in [7, 11) is 0. The quantitative estimate of drug-likeness (QED) is 0.727. The van der Waals surface area contributed by atoms with Gasteiger partial charge in [0.2, 0.25) is 5.91 Å². The monoisotopic (exact) mass is 244 g/mol. The van der Waals surface area contributed by atoms with Crippen molar-refractivity contribution < 1.29 is 9.59 Å². The van der Waals surface area contributed by atoms with E-state index in [1.54, 1.807) is 24.4 Å². The number of H-pyrrole nitrogens is 1.